The van der Waals surface area contributed by atoms with Gasteiger partial charge in [-0.05, 0) is 62.0 Å². The van der Waals surface area contributed by atoms with E-state index in [0.29, 0.717) is 29.0 Å². The van der Waals surface area contributed by atoms with E-state index in [9.17, 15) is 18.0 Å². The van der Waals surface area contributed by atoms with E-state index in [2.05, 4.69) is 50.6 Å². The van der Waals surface area contributed by atoms with E-state index in [-0.39, 0.29) is 17.4 Å². The second-order valence-corrected chi connectivity index (χ2v) is 11.3. The third-order valence-corrected chi connectivity index (χ3v) is 7.82. The third-order valence-electron chi connectivity index (χ3n) is 5.71. The highest BCUT2D eigenvalue weighted by molar-refractivity contribution is 9.10. The highest BCUT2D eigenvalue weighted by Crippen LogP contribution is 2.28. The lowest BCUT2D eigenvalue weighted by molar-refractivity contribution is -0.116. The van der Waals surface area contributed by atoms with E-state index in [1.165, 1.54) is 0 Å². The van der Waals surface area contributed by atoms with Crippen molar-refractivity contribution in [3.8, 4) is 0 Å². The van der Waals surface area contributed by atoms with Crippen LogP contribution in [-0.4, -0.2) is 63.1 Å². The summed E-state index contributed by atoms with van der Waals surface area (Å²) in [6.45, 7) is 7.67. The number of hydrogen-bond acceptors (Lipinski definition) is 6. The summed E-state index contributed by atoms with van der Waals surface area (Å²) in [5, 5.41) is 8.65. The number of rotatable bonds is 11. The van der Waals surface area contributed by atoms with Gasteiger partial charge in [-0.3, -0.25) is 9.59 Å². The highest BCUT2D eigenvalue weighted by Gasteiger charge is 2.30. The Morgan fingerprint density at radius 3 is 2.59 bits per heavy atom. The van der Waals surface area contributed by atoms with Crippen LogP contribution in [0.15, 0.2) is 46.9 Å². The van der Waals surface area contributed by atoms with Crippen LogP contribution in [0.2, 0.25) is 0 Å². The molecule has 0 aromatic heterocycles. The van der Waals surface area contributed by atoms with Gasteiger partial charge in [0.15, 0.2) is 9.84 Å². The Bertz CT molecular complexity index is 1140. The molecule has 0 saturated heterocycles. The summed E-state index contributed by atoms with van der Waals surface area (Å²) in [6, 6.07) is 11.1. The topological polar surface area (TPSA) is 108 Å². The van der Waals surface area contributed by atoms with Crippen molar-refractivity contribution < 1.29 is 18.0 Å². The molecule has 2 aromatic rings. The van der Waals surface area contributed by atoms with Crippen LogP contribution in [0.1, 0.15) is 36.2 Å². The Kier molecular flexibility index (Phi) is 9.10. The standard InChI is InChI=1S/C24H31BrN4O4S/c1-3-29(4-2)12-6-11-26-23(30)18-9-10-20-21(14-18)28-24(31)22(27-20)16-34(32,33)15-17-7-5-8-19(25)13-17/h5,7-10,13-14,22,27H,3-4,6,11-12,15-16H2,1-2H3,(H,26,30)(H,28,31)/t22-/m0/s1. The Balaban J connectivity index is 1.58. The Morgan fingerprint density at radius 1 is 1.12 bits per heavy atom. The van der Waals surface area contributed by atoms with Gasteiger partial charge in [0.2, 0.25) is 5.91 Å². The molecule has 0 saturated carbocycles. The van der Waals surface area contributed by atoms with Crippen molar-refractivity contribution in [1.82, 2.24) is 10.2 Å². The number of fused-ring (bicyclic) bond motifs is 1. The van der Waals surface area contributed by atoms with Gasteiger partial charge in [-0.15, -0.1) is 0 Å². The molecule has 2 aromatic carbocycles. The zero-order chi connectivity index (χ0) is 24.7. The molecule has 184 valence electrons. The number of hydrogen-bond donors (Lipinski definition) is 3. The molecule has 0 unspecified atom stereocenters. The van der Waals surface area contributed by atoms with Gasteiger partial charge >= 0.3 is 0 Å². The fraction of sp³-hybridized carbons (Fsp3) is 0.417. The van der Waals surface area contributed by atoms with Crippen LogP contribution in [0.5, 0.6) is 0 Å². The molecule has 0 fully saturated rings. The van der Waals surface area contributed by atoms with Crippen molar-refractivity contribution in [1.29, 1.82) is 0 Å². The molecule has 0 radical (unpaired) electrons. The number of carbonyl (C=O) groups is 2. The molecule has 1 heterocycles. The minimum absolute atomic E-state index is 0.155. The molecule has 0 aliphatic carbocycles. The molecule has 3 N–H and O–H groups in total. The van der Waals surface area contributed by atoms with E-state index in [0.717, 1.165) is 30.5 Å². The fourth-order valence-corrected chi connectivity index (χ4v) is 5.84. The van der Waals surface area contributed by atoms with Crippen molar-refractivity contribution in [2.24, 2.45) is 0 Å². The molecule has 10 heteroatoms. The predicted molar refractivity (Wildman–Crippen MR) is 139 cm³/mol. The second-order valence-electron chi connectivity index (χ2n) is 8.27. The lowest BCUT2D eigenvalue weighted by Gasteiger charge is -2.27. The van der Waals surface area contributed by atoms with Gasteiger partial charge in [0, 0.05) is 16.6 Å². The average Bonchev–Trinajstić information content (AvgIpc) is 2.78. The van der Waals surface area contributed by atoms with Gasteiger partial charge in [-0.25, -0.2) is 8.42 Å². The molecule has 1 aliphatic rings. The monoisotopic (exact) mass is 550 g/mol. The molecule has 3 rings (SSSR count). The van der Waals surface area contributed by atoms with Crippen LogP contribution in [0.3, 0.4) is 0 Å². The first-order valence-corrected chi connectivity index (χ1v) is 14.0. The summed E-state index contributed by atoms with van der Waals surface area (Å²) in [7, 11) is -3.54. The van der Waals surface area contributed by atoms with Crippen LogP contribution >= 0.6 is 15.9 Å². The summed E-state index contributed by atoms with van der Waals surface area (Å²) in [5.74, 6) is -1.14. The third kappa shape index (κ3) is 7.28. The molecule has 0 spiro atoms. The number of nitrogens with one attached hydrogen (secondary N) is 3. The van der Waals surface area contributed by atoms with E-state index in [4.69, 9.17) is 0 Å². The van der Waals surface area contributed by atoms with Crippen molar-refractivity contribution in [3.05, 3.63) is 58.1 Å². The summed E-state index contributed by atoms with van der Waals surface area (Å²) in [5.41, 5.74) is 2.13. The molecular weight excluding hydrogens is 520 g/mol. The minimum atomic E-state index is -3.54. The SMILES string of the molecule is CCN(CC)CCCNC(=O)c1ccc2c(c1)NC(=O)[C@H](CS(=O)(=O)Cc1cccc(Br)c1)N2. The first-order chi connectivity index (χ1) is 16.2. The van der Waals surface area contributed by atoms with Gasteiger partial charge in [-0.2, -0.15) is 0 Å². The van der Waals surface area contributed by atoms with Crippen LogP contribution in [0.4, 0.5) is 11.4 Å². The smallest absolute Gasteiger partial charge is 0.251 e. The number of sulfone groups is 1. The minimum Gasteiger partial charge on any atom is -0.371 e. The molecule has 2 amide bonds. The van der Waals surface area contributed by atoms with Gasteiger partial charge < -0.3 is 20.9 Å². The van der Waals surface area contributed by atoms with Crippen LogP contribution in [-0.2, 0) is 20.4 Å². The summed E-state index contributed by atoms with van der Waals surface area (Å²) in [6.07, 6.45) is 0.854. The van der Waals surface area contributed by atoms with Gasteiger partial charge in [0.25, 0.3) is 5.91 Å². The first-order valence-electron chi connectivity index (χ1n) is 11.4. The molecular formula is C24H31BrN4O4S. The summed E-state index contributed by atoms with van der Waals surface area (Å²) in [4.78, 5) is 27.4. The maximum atomic E-state index is 12.7. The normalized spacial score (nSPS) is 15.4. The number of amides is 2. The molecule has 1 aliphatic heterocycles. The second kappa shape index (κ2) is 11.8. The highest BCUT2D eigenvalue weighted by atomic mass is 79.9. The van der Waals surface area contributed by atoms with E-state index < -0.39 is 21.8 Å². The van der Waals surface area contributed by atoms with E-state index in [1.807, 2.05) is 6.07 Å². The van der Waals surface area contributed by atoms with E-state index >= 15 is 0 Å². The lowest BCUT2D eigenvalue weighted by atomic mass is 10.1. The van der Waals surface area contributed by atoms with Gasteiger partial charge in [-0.1, -0.05) is 41.9 Å². The number of benzene rings is 2. The van der Waals surface area contributed by atoms with Crippen molar-refractivity contribution in [3.63, 3.8) is 0 Å². The molecule has 34 heavy (non-hydrogen) atoms. The van der Waals surface area contributed by atoms with Crippen molar-refractivity contribution in [2.75, 3.05) is 42.6 Å². The van der Waals surface area contributed by atoms with Gasteiger partial charge in [0.05, 0.1) is 22.9 Å². The van der Waals surface area contributed by atoms with E-state index in [1.54, 1.807) is 36.4 Å². The Hall–Kier alpha value is -2.43. The van der Waals surface area contributed by atoms with Crippen LogP contribution < -0.4 is 16.0 Å². The van der Waals surface area contributed by atoms with Crippen LogP contribution in [0, 0.1) is 0 Å². The van der Waals surface area contributed by atoms with Crippen molar-refractivity contribution in [2.45, 2.75) is 32.1 Å². The fourth-order valence-electron chi connectivity index (χ4n) is 3.85. The average molecular weight is 552 g/mol. The zero-order valence-electron chi connectivity index (χ0n) is 19.4. The van der Waals surface area contributed by atoms with Crippen molar-refractivity contribution >= 4 is 49.0 Å². The first kappa shape index (κ1) is 26.2. The number of carbonyl (C=O) groups excluding carboxylic acids is 2. The quantitative estimate of drug-likeness (QED) is 0.370. The lowest BCUT2D eigenvalue weighted by Crippen LogP contribution is -2.43. The summed E-state index contributed by atoms with van der Waals surface area (Å²) >= 11 is 3.34. The predicted octanol–water partition coefficient (Wildman–Crippen LogP) is 3.26. The Morgan fingerprint density at radius 2 is 1.88 bits per heavy atom. The number of nitrogens with zero attached hydrogens (tertiary/aromatic N) is 1. The maximum Gasteiger partial charge on any atom is 0.251 e. The zero-order valence-corrected chi connectivity index (χ0v) is 21.8. The molecule has 1 atom stereocenters. The van der Waals surface area contributed by atoms with Gasteiger partial charge in [0.1, 0.15) is 6.04 Å². The summed E-state index contributed by atoms with van der Waals surface area (Å²) < 4.78 is 26.2. The maximum absolute atomic E-state index is 12.7. The largest absolute Gasteiger partial charge is 0.371 e. The molecule has 8 nitrogen and oxygen atoms in total. The number of halogens is 1. The number of anilines is 2. The van der Waals surface area contributed by atoms with Crippen LogP contribution in [0.25, 0.3) is 0 Å². The Labute approximate surface area is 209 Å². The molecule has 0 bridgehead atoms.